The van der Waals surface area contributed by atoms with Crippen LogP contribution in [0.15, 0.2) is 59.5 Å². The maximum absolute atomic E-state index is 13.0. The molecule has 1 fully saturated rings. The smallest absolute Gasteiger partial charge is 0.257 e. The van der Waals surface area contributed by atoms with Crippen molar-refractivity contribution < 1.29 is 22.7 Å². The van der Waals surface area contributed by atoms with Crippen molar-refractivity contribution in [2.75, 3.05) is 46.0 Å². The van der Waals surface area contributed by atoms with E-state index in [1.165, 1.54) is 4.31 Å². The average Bonchev–Trinajstić information content (AvgIpc) is 2.77. The molecule has 0 aromatic heterocycles. The van der Waals surface area contributed by atoms with Gasteiger partial charge in [-0.25, -0.2) is 8.42 Å². The van der Waals surface area contributed by atoms with Crippen LogP contribution in [0.5, 0.6) is 5.75 Å². The van der Waals surface area contributed by atoms with Gasteiger partial charge in [0.15, 0.2) is 0 Å². The zero-order chi connectivity index (χ0) is 20.7. The topological polar surface area (TPSA) is 76.2 Å². The fraction of sp³-hybridized carbons (Fsp3) is 0.381. The highest BCUT2D eigenvalue weighted by molar-refractivity contribution is 7.89. The van der Waals surface area contributed by atoms with Crippen LogP contribution in [0, 0.1) is 0 Å². The second kappa shape index (κ2) is 9.87. The van der Waals surface area contributed by atoms with Crippen LogP contribution in [-0.4, -0.2) is 69.5 Å². The first-order valence-electron chi connectivity index (χ1n) is 9.68. The summed E-state index contributed by atoms with van der Waals surface area (Å²) in [5, 5.41) is 0. The van der Waals surface area contributed by atoms with Crippen LogP contribution in [0.25, 0.3) is 0 Å². The van der Waals surface area contributed by atoms with E-state index in [1.54, 1.807) is 53.4 Å². The van der Waals surface area contributed by atoms with Crippen molar-refractivity contribution in [1.29, 1.82) is 0 Å². The lowest BCUT2D eigenvalue weighted by Gasteiger charge is -2.34. The third-order valence-corrected chi connectivity index (χ3v) is 6.63. The highest BCUT2D eigenvalue weighted by Crippen LogP contribution is 2.22. The van der Waals surface area contributed by atoms with Crippen molar-refractivity contribution in [3.8, 4) is 5.75 Å². The summed E-state index contributed by atoms with van der Waals surface area (Å²) in [7, 11) is -3.54. The lowest BCUT2D eigenvalue weighted by molar-refractivity contribution is 0.0688. The predicted molar refractivity (Wildman–Crippen MR) is 110 cm³/mol. The van der Waals surface area contributed by atoms with Gasteiger partial charge in [0, 0.05) is 32.8 Å². The Balaban J connectivity index is 1.63. The number of hydrogen-bond donors (Lipinski definition) is 0. The standard InChI is InChI=1S/C21H26N2O5S/c1-2-27-16-17-28-20-11-7-6-10-19(20)21(24)22-12-14-23(15-13-22)29(25,26)18-8-4-3-5-9-18/h3-11H,2,12-17H2,1H3. The minimum Gasteiger partial charge on any atom is -0.490 e. The Morgan fingerprint density at radius 3 is 2.28 bits per heavy atom. The largest absolute Gasteiger partial charge is 0.490 e. The van der Waals surface area contributed by atoms with Gasteiger partial charge >= 0.3 is 0 Å². The van der Waals surface area contributed by atoms with E-state index < -0.39 is 10.0 Å². The second-order valence-electron chi connectivity index (χ2n) is 6.55. The number of carbonyl (C=O) groups excluding carboxylic acids is 1. The van der Waals surface area contributed by atoms with Crippen LogP contribution in [-0.2, 0) is 14.8 Å². The van der Waals surface area contributed by atoms with E-state index in [0.29, 0.717) is 44.2 Å². The van der Waals surface area contributed by atoms with E-state index >= 15 is 0 Å². The number of nitrogens with zero attached hydrogens (tertiary/aromatic N) is 2. The molecule has 0 unspecified atom stereocenters. The van der Waals surface area contributed by atoms with Crippen molar-refractivity contribution >= 4 is 15.9 Å². The van der Waals surface area contributed by atoms with Crippen molar-refractivity contribution in [3.63, 3.8) is 0 Å². The van der Waals surface area contributed by atoms with Crippen LogP contribution >= 0.6 is 0 Å². The molecule has 2 aromatic rings. The molecule has 8 heteroatoms. The van der Waals surface area contributed by atoms with E-state index in [4.69, 9.17) is 9.47 Å². The number of carbonyl (C=O) groups is 1. The van der Waals surface area contributed by atoms with E-state index in [9.17, 15) is 13.2 Å². The molecule has 29 heavy (non-hydrogen) atoms. The minimum absolute atomic E-state index is 0.159. The van der Waals surface area contributed by atoms with Crippen LogP contribution < -0.4 is 4.74 Å². The van der Waals surface area contributed by atoms with Crippen molar-refractivity contribution in [2.45, 2.75) is 11.8 Å². The number of hydrogen-bond acceptors (Lipinski definition) is 5. The molecule has 1 aliphatic rings. The highest BCUT2D eigenvalue weighted by Gasteiger charge is 2.31. The third kappa shape index (κ3) is 5.14. The molecule has 156 valence electrons. The molecular weight excluding hydrogens is 392 g/mol. The Hall–Kier alpha value is -2.42. The number of rotatable bonds is 8. The molecule has 1 amide bonds. The third-order valence-electron chi connectivity index (χ3n) is 4.71. The number of sulfonamides is 1. The fourth-order valence-electron chi connectivity index (χ4n) is 3.17. The minimum atomic E-state index is -3.54. The first-order chi connectivity index (χ1) is 14.0. The van der Waals surface area contributed by atoms with Crippen LogP contribution in [0.4, 0.5) is 0 Å². The molecule has 3 rings (SSSR count). The molecule has 0 saturated carbocycles. The SMILES string of the molecule is CCOCCOc1ccccc1C(=O)N1CCN(S(=O)(=O)c2ccccc2)CC1. The summed E-state index contributed by atoms with van der Waals surface area (Å²) in [6.07, 6.45) is 0. The Labute approximate surface area is 171 Å². The van der Waals surface area contributed by atoms with Gasteiger partial charge in [-0.3, -0.25) is 4.79 Å². The number of para-hydroxylation sites is 1. The first kappa shape index (κ1) is 21.3. The summed E-state index contributed by atoms with van der Waals surface area (Å²) in [5.74, 6) is 0.352. The monoisotopic (exact) mass is 418 g/mol. The molecule has 0 N–H and O–H groups in total. The molecule has 1 aliphatic heterocycles. The molecular formula is C21H26N2O5S. The summed E-state index contributed by atoms with van der Waals surface area (Å²) in [6, 6.07) is 15.5. The first-order valence-corrected chi connectivity index (χ1v) is 11.1. The summed E-state index contributed by atoms with van der Waals surface area (Å²) in [4.78, 5) is 14.9. The van der Waals surface area contributed by atoms with Gasteiger partial charge in [-0.1, -0.05) is 30.3 Å². The Morgan fingerprint density at radius 1 is 0.931 bits per heavy atom. The van der Waals surface area contributed by atoms with E-state index in [1.807, 2.05) is 13.0 Å². The van der Waals surface area contributed by atoms with Gasteiger partial charge in [-0.2, -0.15) is 4.31 Å². The highest BCUT2D eigenvalue weighted by atomic mass is 32.2. The summed E-state index contributed by atoms with van der Waals surface area (Å²) >= 11 is 0. The molecule has 0 radical (unpaired) electrons. The zero-order valence-corrected chi connectivity index (χ0v) is 17.3. The maximum atomic E-state index is 13.0. The van der Waals surface area contributed by atoms with Gasteiger partial charge in [-0.15, -0.1) is 0 Å². The Kier molecular flexibility index (Phi) is 7.24. The van der Waals surface area contributed by atoms with E-state index in [-0.39, 0.29) is 23.9 Å². The van der Waals surface area contributed by atoms with Crippen molar-refractivity contribution in [3.05, 3.63) is 60.2 Å². The Bertz CT molecular complexity index is 910. The van der Waals surface area contributed by atoms with Crippen LogP contribution in [0.3, 0.4) is 0 Å². The lowest BCUT2D eigenvalue weighted by Crippen LogP contribution is -2.50. The zero-order valence-electron chi connectivity index (χ0n) is 16.5. The van der Waals surface area contributed by atoms with Gasteiger partial charge in [-0.05, 0) is 31.2 Å². The van der Waals surface area contributed by atoms with Gasteiger partial charge in [0.25, 0.3) is 5.91 Å². The van der Waals surface area contributed by atoms with Crippen molar-refractivity contribution in [1.82, 2.24) is 9.21 Å². The molecule has 1 saturated heterocycles. The summed E-state index contributed by atoms with van der Waals surface area (Å²) in [6.45, 7) is 4.52. The predicted octanol–water partition coefficient (Wildman–Crippen LogP) is 2.25. The lowest BCUT2D eigenvalue weighted by atomic mass is 10.1. The number of ether oxygens (including phenoxy) is 2. The number of piperazine rings is 1. The molecule has 1 heterocycles. The average molecular weight is 419 g/mol. The van der Waals surface area contributed by atoms with Crippen LogP contribution in [0.2, 0.25) is 0 Å². The van der Waals surface area contributed by atoms with Gasteiger partial charge < -0.3 is 14.4 Å². The summed E-state index contributed by atoms with van der Waals surface area (Å²) in [5.41, 5.74) is 0.475. The number of amides is 1. The number of benzene rings is 2. The van der Waals surface area contributed by atoms with Crippen molar-refractivity contribution in [2.24, 2.45) is 0 Å². The molecule has 7 nitrogen and oxygen atoms in total. The molecule has 0 spiro atoms. The van der Waals surface area contributed by atoms with E-state index in [0.717, 1.165) is 0 Å². The fourth-order valence-corrected chi connectivity index (χ4v) is 4.61. The molecule has 0 bridgehead atoms. The van der Waals surface area contributed by atoms with Gasteiger partial charge in [0.1, 0.15) is 12.4 Å². The van der Waals surface area contributed by atoms with Crippen LogP contribution in [0.1, 0.15) is 17.3 Å². The summed E-state index contributed by atoms with van der Waals surface area (Å²) < 4.78 is 37.9. The van der Waals surface area contributed by atoms with Gasteiger partial charge in [0.2, 0.25) is 10.0 Å². The quantitative estimate of drug-likeness (QED) is 0.615. The second-order valence-corrected chi connectivity index (χ2v) is 8.49. The van der Waals surface area contributed by atoms with E-state index in [2.05, 4.69) is 0 Å². The van der Waals surface area contributed by atoms with Gasteiger partial charge in [0.05, 0.1) is 17.1 Å². The Morgan fingerprint density at radius 2 is 1.59 bits per heavy atom. The molecule has 0 atom stereocenters. The maximum Gasteiger partial charge on any atom is 0.257 e. The normalized spacial score (nSPS) is 15.3. The molecule has 2 aromatic carbocycles. The molecule has 0 aliphatic carbocycles.